The van der Waals surface area contributed by atoms with Gasteiger partial charge in [0.2, 0.25) is 0 Å². The minimum absolute atomic E-state index is 0.0741. The summed E-state index contributed by atoms with van der Waals surface area (Å²) in [5.41, 5.74) is 1.63. The number of nitrogens with zero attached hydrogens (tertiary/aromatic N) is 3. The molecule has 0 N–H and O–H groups in total. The number of fused-ring (bicyclic) bond motifs is 1. The molecule has 1 heterocycles. The molecule has 1 aromatic heterocycles. The normalized spacial score (nSPS) is 11.6. The third kappa shape index (κ3) is 3.53. The maximum absolute atomic E-state index is 13.6. The van der Waals surface area contributed by atoms with E-state index in [0.29, 0.717) is 11.1 Å². The molecule has 0 fully saturated rings. The lowest BCUT2D eigenvalue weighted by Crippen LogP contribution is -2.06. The molecular weight excluding hydrogens is 363 g/mol. The number of halogens is 3. The van der Waals surface area contributed by atoms with Gasteiger partial charge in [-0.05, 0) is 12.1 Å². The van der Waals surface area contributed by atoms with Crippen LogP contribution in [0.4, 0.5) is 18.9 Å². The van der Waals surface area contributed by atoms with E-state index in [1.807, 2.05) is 60.7 Å². The zero-order chi connectivity index (χ0) is 19.7. The molecule has 3 aromatic carbocycles. The van der Waals surface area contributed by atoms with Gasteiger partial charge in [-0.25, -0.2) is 4.99 Å². The van der Waals surface area contributed by atoms with E-state index in [2.05, 4.69) is 10.1 Å². The van der Waals surface area contributed by atoms with Crippen molar-refractivity contribution in [2.24, 2.45) is 12.0 Å². The molecule has 28 heavy (non-hydrogen) atoms. The Hall–Kier alpha value is -3.41. The van der Waals surface area contributed by atoms with E-state index in [4.69, 9.17) is 0 Å². The fourth-order valence-electron chi connectivity index (χ4n) is 3.14. The predicted octanol–water partition coefficient (Wildman–Crippen LogP) is 5.76. The van der Waals surface area contributed by atoms with Crippen LogP contribution in [0.1, 0.15) is 16.7 Å². The van der Waals surface area contributed by atoms with E-state index in [-0.39, 0.29) is 11.2 Å². The van der Waals surface area contributed by atoms with Gasteiger partial charge in [0.15, 0.2) is 0 Å². The first kappa shape index (κ1) is 18.0. The van der Waals surface area contributed by atoms with Crippen LogP contribution in [0, 0.1) is 0 Å². The number of aromatic nitrogens is 2. The maximum Gasteiger partial charge on any atom is 0.418 e. The van der Waals surface area contributed by atoms with E-state index in [1.165, 1.54) is 4.68 Å². The summed E-state index contributed by atoms with van der Waals surface area (Å²) in [7, 11) is 1.60. The van der Waals surface area contributed by atoms with Crippen LogP contribution in [-0.4, -0.2) is 15.5 Å². The molecule has 140 valence electrons. The summed E-state index contributed by atoms with van der Waals surface area (Å²) in [5, 5.41) is 4.36. The van der Waals surface area contributed by atoms with E-state index >= 15 is 0 Å². The van der Waals surface area contributed by atoms with Gasteiger partial charge >= 0.3 is 6.18 Å². The zero-order valence-corrected chi connectivity index (χ0v) is 15.0. The van der Waals surface area contributed by atoms with Crippen molar-refractivity contribution in [2.45, 2.75) is 6.18 Å². The molecule has 0 saturated carbocycles. The van der Waals surface area contributed by atoms with Gasteiger partial charge in [-0.3, -0.25) is 4.68 Å². The first-order chi connectivity index (χ1) is 13.4. The van der Waals surface area contributed by atoms with Crippen LogP contribution in [-0.2, 0) is 13.2 Å². The Balaban J connectivity index is 1.95. The number of aryl methyl sites for hydroxylation is 1. The highest BCUT2D eigenvalue weighted by atomic mass is 19.4. The number of hydrogen-bond donors (Lipinski definition) is 0. The van der Waals surface area contributed by atoms with Crippen molar-refractivity contribution in [1.29, 1.82) is 0 Å². The number of rotatable bonds is 3. The first-order valence-corrected chi connectivity index (χ1v) is 8.66. The van der Waals surface area contributed by atoms with Crippen molar-refractivity contribution in [2.75, 3.05) is 0 Å². The van der Waals surface area contributed by atoms with E-state index in [0.717, 1.165) is 17.2 Å². The van der Waals surface area contributed by atoms with E-state index < -0.39 is 11.7 Å². The minimum Gasteiger partial charge on any atom is -0.275 e. The molecule has 0 unspecified atom stereocenters. The number of benzene rings is 3. The van der Waals surface area contributed by atoms with Gasteiger partial charge in [0, 0.05) is 29.8 Å². The van der Waals surface area contributed by atoms with Gasteiger partial charge in [-0.1, -0.05) is 60.7 Å². The molecule has 3 nitrogen and oxygen atoms in total. The van der Waals surface area contributed by atoms with Crippen LogP contribution in [0.25, 0.3) is 10.9 Å². The fraction of sp³-hybridized carbons (Fsp3) is 0.0909. The largest absolute Gasteiger partial charge is 0.418 e. The van der Waals surface area contributed by atoms with Gasteiger partial charge in [-0.2, -0.15) is 18.3 Å². The highest BCUT2D eigenvalue weighted by Gasteiger charge is 2.34. The summed E-state index contributed by atoms with van der Waals surface area (Å²) in [6, 6.07) is 21.5. The molecule has 0 aliphatic carbocycles. The summed E-state index contributed by atoms with van der Waals surface area (Å²) in [6.07, 6.45) is -2.95. The fourth-order valence-corrected chi connectivity index (χ4v) is 3.14. The lowest BCUT2D eigenvalue weighted by Gasteiger charge is -2.11. The van der Waals surface area contributed by atoms with Crippen LogP contribution >= 0.6 is 0 Å². The first-order valence-electron chi connectivity index (χ1n) is 8.66. The summed E-state index contributed by atoms with van der Waals surface area (Å²) in [4.78, 5) is 4.61. The van der Waals surface area contributed by atoms with Gasteiger partial charge in [0.25, 0.3) is 0 Å². The number of alkyl halides is 3. The number of aliphatic imine (C=N–C) groups is 1. The van der Waals surface area contributed by atoms with E-state index in [9.17, 15) is 13.2 Å². The highest BCUT2D eigenvalue weighted by Crippen LogP contribution is 2.37. The van der Waals surface area contributed by atoms with Gasteiger partial charge in [0.1, 0.15) is 5.52 Å². The summed E-state index contributed by atoms with van der Waals surface area (Å²) >= 11 is 0. The number of hydrogen-bond acceptors (Lipinski definition) is 2. The average Bonchev–Trinajstić information content (AvgIpc) is 3.06. The Morgan fingerprint density at radius 3 is 2.00 bits per heavy atom. The average molecular weight is 379 g/mol. The molecule has 0 amide bonds. The minimum atomic E-state index is -4.52. The summed E-state index contributed by atoms with van der Waals surface area (Å²) in [5.74, 6) is 0. The third-order valence-electron chi connectivity index (χ3n) is 4.35. The second-order valence-electron chi connectivity index (χ2n) is 6.42. The standard InChI is InChI=1S/C22H16F3N3/c1-28-14-17-12-18(13-19(21(17)27-28)22(23,24)25)26-20(15-8-4-2-5-9-15)16-10-6-3-7-11-16/h2-14H,1H3. The van der Waals surface area contributed by atoms with Crippen molar-refractivity contribution < 1.29 is 13.2 Å². The highest BCUT2D eigenvalue weighted by molar-refractivity contribution is 6.14. The SMILES string of the molecule is Cn1cc2cc(N=C(c3ccccc3)c3ccccc3)cc(C(F)(F)F)c2n1. The van der Waals surface area contributed by atoms with Crippen LogP contribution in [0.3, 0.4) is 0 Å². The van der Waals surface area contributed by atoms with Gasteiger partial charge in [-0.15, -0.1) is 0 Å². The second-order valence-corrected chi connectivity index (χ2v) is 6.42. The molecule has 0 radical (unpaired) electrons. The van der Waals surface area contributed by atoms with Crippen LogP contribution in [0.5, 0.6) is 0 Å². The Kier molecular flexibility index (Phi) is 4.47. The van der Waals surface area contributed by atoms with Gasteiger partial charge in [0.05, 0.1) is 17.0 Å². The summed E-state index contributed by atoms with van der Waals surface area (Å²) in [6.45, 7) is 0. The smallest absolute Gasteiger partial charge is 0.275 e. The molecular formula is C22H16F3N3. The quantitative estimate of drug-likeness (QED) is 0.416. The molecule has 0 atom stereocenters. The van der Waals surface area contributed by atoms with Crippen LogP contribution < -0.4 is 0 Å². The van der Waals surface area contributed by atoms with Crippen molar-refractivity contribution in [1.82, 2.24) is 9.78 Å². The predicted molar refractivity (Wildman–Crippen MR) is 104 cm³/mol. The molecule has 6 heteroatoms. The maximum atomic E-state index is 13.6. The Bertz CT molecular complexity index is 1100. The Morgan fingerprint density at radius 1 is 0.893 bits per heavy atom. The Labute approximate surface area is 159 Å². The lowest BCUT2D eigenvalue weighted by molar-refractivity contribution is -0.136. The molecule has 4 aromatic rings. The molecule has 0 bridgehead atoms. The zero-order valence-electron chi connectivity index (χ0n) is 15.0. The second kappa shape index (κ2) is 6.96. The Morgan fingerprint density at radius 2 is 1.46 bits per heavy atom. The van der Waals surface area contributed by atoms with Crippen molar-refractivity contribution >= 4 is 22.3 Å². The summed E-state index contributed by atoms with van der Waals surface area (Å²) < 4.78 is 42.2. The molecule has 4 rings (SSSR count). The monoisotopic (exact) mass is 379 g/mol. The van der Waals surface area contributed by atoms with Crippen molar-refractivity contribution in [3.05, 3.63) is 95.7 Å². The molecule has 0 saturated heterocycles. The van der Waals surface area contributed by atoms with Crippen LogP contribution in [0.15, 0.2) is 84.0 Å². The third-order valence-corrected chi connectivity index (χ3v) is 4.35. The molecule has 0 aliphatic rings. The molecule has 0 aliphatic heterocycles. The van der Waals surface area contributed by atoms with Crippen molar-refractivity contribution in [3.63, 3.8) is 0 Å². The van der Waals surface area contributed by atoms with E-state index in [1.54, 1.807) is 19.3 Å². The topological polar surface area (TPSA) is 30.2 Å². The van der Waals surface area contributed by atoms with Gasteiger partial charge < -0.3 is 0 Å². The lowest BCUT2D eigenvalue weighted by atomic mass is 10.0. The van der Waals surface area contributed by atoms with Crippen molar-refractivity contribution in [3.8, 4) is 0 Å². The molecule has 0 spiro atoms. The van der Waals surface area contributed by atoms with Crippen LogP contribution in [0.2, 0.25) is 0 Å².